The van der Waals surface area contributed by atoms with Crippen LogP contribution in [0.4, 0.5) is 0 Å². The number of phosphoric ester groups is 1. The van der Waals surface area contributed by atoms with Gasteiger partial charge in [-0.2, -0.15) is 0 Å². The van der Waals surface area contributed by atoms with Gasteiger partial charge >= 0.3 is 7.82 Å². The van der Waals surface area contributed by atoms with E-state index in [4.69, 9.17) is 9.05 Å². The number of allylic oxidation sites excluding steroid dienone is 2. The lowest BCUT2D eigenvalue weighted by Crippen LogP contribution is -2.12. The van der Waals surface area contributed by atoms with Gasteiger partial charge in [0.15, 0.2) is 0 Å². The van der Waals surface area contributed by atoms with Gasteiger partial charge in [0.05, 0.1) is 12.7 Å². The molecule has 0 fully saturated rings. The van der Waals surface area contributed by atoms with Crippen molar-refractivity contribution in [3.63, 3.8) is 0 Å². The van der Waals surface area contributed by atoms with E-state index >= 15 is 0 Å². The van der Waals surface area contributed by atoms with E-state index < -0.39 is 7.82 Å². The van der Waals surface area contributed by atoms with Gasteiger partial charge in [0.1, 0.15) is 0 Å². The van der Waals surface area contributed by atoms with Gasteiger partial charge in [0.2, 0.25) is 0 Å². The first-order valence-corrected chi connectivity index (χ1v) is 17.4. The molecule has 4 nitrogen and oxygen atoms in total. The molecular formula is C31H63O4P. The van der Waals surface area contributed by atoms with E-state index in [2.05, 4.69) is 32.9 Å². The van der Waals surface area contributed by atoms with Crippen molar-refractivity contribution < 1.29 is 18.5 Å². The quantitative estimate of drug-likeness (QED) is 0.0593. The molecular weight excluding hydrogens is 467 g/mol. The molecule has 1 unspecified atom stereocenters. The van der Waals surface area contributed by atoms with E-state index in [1.807, 2.05) is 0 Å². The molecule has 0 amide bonds. The zero-order valence-electron chi connectivity index (χ0n) is 24.5. The van der Waals surface area contributed by atoms with Gasteiger partial charge in [-0.1, -0.05) is 142 Å². The van der Waals surface area contributed by atoms with E-state index in [1.165, 1.54) is 103 Å². The van der Waals surface area contributed by atoms with E-state index in [1.54, 1.807) is 0 Å². The van der Waals surface area contributed by atoms with Crippen molar-refractivity contribution in [2.24, 2.45) is 0 Å². The van der Waals surface area contributed by atoms with E-state index in [0.29, 0.717) is 6.61 Å². The highest BCUT2D eigenvalue weighted by Crippen LogP contribution is 2.46. The maximum atomic E-state index is 12.3. The standard InChI is InChI=1S/C31H63O4P/c1-4-7-10-11-12-13-14-15-16-17-18-19-20-21-22-23-24-25-26-27-30-34-36(32,33)35-31(28-8-5-2)29-9-6-3/h15-16,31H,4-14,17-30H2,1-3H3,(H,32,33)/b16-15-. The molecule has 0 aromatic carbocycles. The Balaban J connectivity index is 3.48. The first-order valence-electron chi connectivity index (χ1n) is 15.9. The van der Waals surface area contributed by atoms with Gasteiger partial charge in [-0.3, -0.25) is 9.05 Å². The SMILES string of the molecule is CCCCCCCC/C=C\CCCCCCCCCCCCOP(=O)(O)OC(CCCC)CCCC. The van der Waals surface area contributed by atoms with Gasteiger partial charge in [-0.05, 0) is 44.9 Å². The van der Waals surface area contributed by atoms with E-state index in [-0.39, 0.29) is 6.10 Å². The van der Waals surface area contributed by atoms with Gasteiger partial charge in [-0.25, -0.2) is 4.57 Å². The normalized spacial score (nSPS) is 13.7. The van der Waals surface area contributed by atoms with E-state index in [0.717, 1.165) is 51.4 Å². The summed E-state index contributed by atoms with van der Waals surface area (Å²) in [7, 11) is -3.93. The topological polar surface area (TPSA) is 55.8 Å². The van der Waals surface area contributed by atoms with Crippen LogP contribution in [0.15, 0.2) is 12.2 Å². The summed E-state index contributed by atoms with van der Waals surface area (Å²) in [6.45, 7) is 6.85. The van der Waals surface area contributed by atoms with Gasteiger partial charge in [0.25, 0.3) is 0 Å². The molecule has 1 atom stereocenters. The summed E-state index contributed by atoms with van der Waals surface area (Å²) in [5.74, 6) is 0. The Morgan fingerprint density at radius 3 is 1.42 bits per heavy atom. The lowest BCUT2D eigenvalue weighted by molar-refractivity contribution is 0.0907. The monoisotopic (exact) mass is 530 g/mol. The molecule has 0 spiro atoms. The van der Waals surface area contributed by atoms with E-state index in [9.17, 15) is 9.46 Å². The van der Waals surface area contributed by atoms with Crippen molar-refractivity contribution in [3.8, 4) is 0 Å². The average molecular weight is 531 g/mol. The molecule has 1 N–H and O–H groups in total. The predicted octanol–water partition coefficient (Wildman–Crippen LogP) is 11.5. The molecule has 0 saturated heterocycles. The summed E-state index contributed by atoms with van der Waals surface area (Å²) in [6, 6.07) is 0. The van der Waals surface area contributed by atoms with Crippen LogP contribution in [0.5, 0.6) is 0 Å². The molecule has 0 aliphatic rings. The first-order chi connectivity index (χ1) is 17.6. The maximum Gasteiger partial charge on any atom is 0.472 e. The van der Waals surface area contributed by atoms with Gasteiger partial charge in [0, 0.05) is 0 Å². The lowest BCUT2D eigenvalue weighted by Gasteiger charge is -2.20. The third-order valence-electron chi connectivity index (χ3n) is 6.95. The maximum absolute atomic E-state index is 12.3. The molecule has 216 valence electrons. The average Bonchev–Trinajstić information content (AvgIpc) is 2.86. The molecule has 0 saturated carbocycles. The zero-order chi connectivity index (χ0) is 26.6. The Morgan fingerprint density at radius 2 is 0.972 bits per heavy atom. The molecule has 5 heteroatoms. The summed E-state index contributed by atoms with van der Waals surface area (Å²) in [4.78, 5) is 10.0. The zero-order valence-corrected chi connectivity index (χ0v) is 25.4. The van der Waals surface area contributed by atoms with Crippen molar-refractivity contribution in [3.05, 3.63) is 12.2 Å². The van der Waals surface area contributed by atoms with Crippen molar-refractivity contribution in [1.82, 2.24) is 0 Å². The minimum absolute atomic E-state index is 0.160. The fourth-order valence-corrected chi connectivity index (χ4v) is 5.58. The largest absolute Gasteiger partial charge is 0.472 e. The number of phosphoric acid groups is 1. The second-order valence-electron chi connectivity index (χ2n) is 10.7. The molecule has 0 aliphatic heterocycles. The van der Waals surface area contributed by atoms with Crippen molar-refractivity contribution in [2.45, 2.75) is 181 Å². The molecule has 36 heavy (non-hydrogen) atoms. The summed E-state index contributed by atoms with van der Waals surface area (Å²) in [5, 5.41) is 0. The van der Waals surface area contributed by atoms with Crippen molar-refractivity contribution in [2.75, 3.05) is 6.61 Å². The highest BCUT2D eigenvalue weighted by atomic mass is 31.2. The third-order valence-corrected chi connectivity index (χ3v) is 8.03. The second kappa shape index (κ2) is 27.9. The molecule has 0 rings (SSSR count). The van der Waals surface area contributed by atoms with Crippen LogP contribution in [0.2, 0.25) is 0 Å². The highest BCUT2D eigenvalue weighted by molar-refractivity contribution is 7.47. The fourth-order valence-electron chi connectivity index (χ4n) is 4.57. The van der Waals surface area contributed by atoms with Crippen LogP contribution in [-0.4, -0.2) is 17.6 Å². The Hall–Kier alpha value is -0.150. The number of hydrogen-bond donors (Lipinski definition) is 1. The molecule has 0 aliphatic carbocycles. The van der Waals surface area contributed by atoms with Crippen LogP contribution < -0.4 is 0 Å². The number of rotatable bonds is 29. The van der Waals surface area contributed by atoms with Gasteiger partial charge < -0.3 is 4.89 Å². The second-order valence-corrected chi connectivity index (χ2v) is 12.1. The summed E-state index contributed by atoms with van der Waals surface area (Å²) in [6.07, 6.45) is 33.7. The van der Waals surface area contributed by atoms with Crippen LogP contribution in [-0.2, 0) is 13.6 Å². The minimum atomic E-state index is -3.93. The molecule has 0 radical (unpaired) electrons. The summed E-state index contributed by atoms with van der Waals surface area (Å²) >= 11 is 0. The number of hydrogen-bond acceptors (Lipinski definition) is 3. The molecule has 0 bridgehead atoms. The Bertz CT molecular complexity index is 501. The minimum Gasteiger partial charge on any atom is -0.302 e. The summed E-state index contributed by atoms with van der Waals surface area (Å²) < 4.78 is 23.0. The Kier molecular flexibility index (Phi) is 27.8. The van der Waals surface area contributed by atoms with Crippen molar-refractivity contribution in [1.29, 1.82) is 0 Å². The van der Waals surface area contributed by atoms with Crippen LogP contribution in [0.1, 0.15) is 175 Å². The smallest absolute Gasteiger partial charge is 0.302 e. The Labute approximate surface area is 226 Å². The van der Waals surface area contributed by atoms with Crippen LogP contribution in [0, 0.1) is 0 Å². The number of unbranched alkanes of at least 4 members (excludes halogenated alkanes) is 18. The molecule has 0 heterocycles. The molecule has 0 aromatic rings. The summed E-state index contributed by atoms with van der Waals surface area (Å²) in [5.41, 5.74) is 0. The highest BCUT2D eigenvalue weighted by Gasteiger charge is 2.25. The molecule has 0 aromatic heterocycles. The fraction of sp³-hybridized carbons (Fsp3) is 0.935. The van der Waals surface area contributed by atoms with Crippen LogP contribution in [0.25, 0.3) is 0 Å². The van der Waals surface area contributed by atoms with Crippen LogP contribution in [0.3, 0.4) is 0 Å². The predicted molar refractivity (Wildman–Crippen MR) is 158 cm³/mol. The Morgan fingerprint density at radius 1 is 0.583 bits per heavy atom. The third kappa shape index (κ3) is 26.9. The lowest BCUT2D eigenvalue weighted by atomic mass is 10.1. The van der Waals surface area contributed by atoms with Gasteiger partial charge in [-0.15, -0.1) is 0 Å². The van der Waals surface area contributed by atoms with Crippen molar-refractivity contribution >= 4 is 7.82 Å². The first kappa shape index (κ1) is 35.9. The van der Waals surface area contributed by atoms with Crippen LogP contribution >= 0.6 is 7.82 Å².